The number of rotatable bonds is 4. The molecule has 0 fully saturated rings. The van der Waals surface area contributed by atoms with Crippen molar-refractivity contribution < 1.29 is 19.3 Å². The Kier molecular flexibility index (Phi) is 3.76. The van der Waals surface area contributed by atoms with E-state index in [1.807, 2.05) is 0 Å². The number of aliphatic hydroxyl groups excluding tert-OH is 1. The van der Waals surface area contributed by atoms with Crippen molar-refractivity contribution >= 4 is 0 Å². The monoisotopic (exact) mass is 213 g/mol. The number of ether oxygens (including phenoxy) is 3. The molecule has 0 saturated carbocycles. The lowest BCUT2D eigenvalue weighted by molar-refractivity contribution is 0.181. The van der Waals surface area contributed by atoms with E-state index in [0.717, 1.165) is 0 Å². The average Bonchev–Trinajstić information content (AvgIpc) is 2.26. The van der Waals surface area contributed by atoms with Gasteiger partial charge in [0, 0.05) is 11.6 Å². The molecule has 0 radical (unpaired) electrons. The van der Waals surface area contributed by atoms with E-state index in [1.165, 1.54) is 21.3 Å². The van der Waals surface area contributed by atoms with Crippen molar-refractivity contribution in [2.75, 3.05) is 21.3 Å². The van der Waals surface area contributed by atoms with Crippen LogP contribution in [0.4, 0.5) is 0 Å². The fourth-order valence-corrected chi connectivity index (χ4v) is 1.28. The molecule has 1 aromatic carbocycles. The molecule has 0 aliphatic carbocycles. The van der Waals surface area contributed by atoms with Gasteiger partial charge in [-0.15, -0.1) is 0 Å². The highest BCUT2D eigenvalue weighted by Gasteiger charge is 2.15. The van der Waals surface area contributed by atoms with Crippen LogP contribution in [0, 0.1) is 0 Å². The molecule has 0 heterocycles. The number of benzene rings is 1. The van der Waals surface area contributed by atoms with E-state index < -0.39 is 6.23 Å². The highest BCUT2D eigenvalue weighted by atomic mass is 16.5. The summed E-state index contributed by atoms with van der Waals surface area (Å²) in [5.41, 5.74) is 5.84. The van der Waals surface area contributed by atoms with Gasteiger partial charge in [-0.2, -0.15) is 0 Å². The Morgan fingerprint density at radius 1 is 1.00 bits per heavy atom. The van der Waals surface area contributed by atoms with Crippen LogP contribution in [0.2, 0.25) is 0 Å². The van der Waals surface area contributed by atoms with Crippen LogP contribution in [-0.2, 0) is 0 Å². The van der Waals surface area contributed by atoms with Gasteiger partial charge >= 0.3 is 0 Å². The van der Waals surface area contributed by atoms with Crippen molar-refractivity contribution in [3.8, 4) is 17.2 Å². The lowest BCUT2D eigenvalue weighted by Crippen LogP contribution is -2.10. The van der Waals surface area contributed by atoms with E-state index in [9.17, 15) is 5.11 Å². The summed E-state index contributed by atoms with van der Waals surface area (Å²) in [4.78, 5) is 0. The summed E-state index contributed by atoms with van der Waals surface area (Å²) in [5.74, 6) is 1.49. The Balaban J connectivity index is 3.27. The Morgan fingerprint density at radius 3 is 1.87 bits per heavy atom. The van der Waals surface area contributed by atoms with Crippen LogP contribution >= 0.6 is 0 Å². The van der Waals surface area contributed by atoms with Gasteiger partial charge in [-0.1, -0.05) is 0 Å². The number of aliphatic hydroxyl groups is 1. The molecule has 3 N–H and O–H groups in total. The zero-order chi connectivity index (χ0) is 11.4. The summed E-state index contributed by atoms with van der Waals surface area (Å²) in [6, 6.07) is 3.20. The lowest BCUT2D eigenvalue weighted by atomic mass is 10.1. The molecule has 0 saturated heterocycles. The Bertz CT molecular complexity index is 338. The molecule has 0 spiro atoms. The van der Waals surface area contributed by atoms with Gasteiger partial charge in [0.05, 0.1) is 21.3 Å². The molecular formula is C10H15NO4. The second-order valence-electron chi connectivity index (χ2n) is 2.89. The van der Waals surface area contributed by atoms with Crippen LogP contribution in [0.15, 0.2) is 12.1 Å². The predicted octanol–water partition coefficient (Wildman–Crippen LogP) is 0.662. The maximum absolute atomic E-state index is 9.32. The van der Waals surface area contributed by atoms with E-state index in [-0.39, 0.29) is 0 Å². The lowest BCUT2D eigenvalue weighted by Gasteiger charge is -2.15. The first kappa shape index (κ1) is 11.6. The summed E-state index contributed by atoms with van der Waals surface area (Å²) in [5, 5.41) is 9.32. The zero-order valence-electron chi connectivity index (χ0n) is 8.98. The molecule has 0 aliphatic heterocycles. The van der Waals surface area contributed by atoms with Crippen molar-refractivity contribution in [2.24, 2.45) is 5.73 Å². The molecule has 5 nitrogen and oxygen atoms in total. The van der Waals surface area contributed by atoms with Crippen molar-refractivity contribution in [1.29, 1.82) is 0 Å². The number of nitrogens with two attached hydrogens (primary N) is 1. The summed E-state index contributed by atoms with van der Waals surface area (Å²) in [7, 11) is 4.53. The molecule has 1 atom stereocenters. The Labute approximate surface area is 88.4 Å². The standard InChI is InChI=1S/C10H15NO4/c1-13-7-5-9(15-3)8(14-2)4-6(7)10(11)12/h4-5,10,12H,11H2,1-3H3. The third kappa shape index (κ3) is 2.31. The highest BCUT2D eigenvalue weighted by molar-refractivity contribution is 5.51. The van der Waals surface area contributed by atoms with Crippen LogP contribution in [0.1, 0.15) is 11.8 Å². The summed E-state index contributed by atoms with van der Waals surface area (Å²) in [6.45, 7) is 0. The fourth-order valence-electron chi connectivity index (χ4n) is 1.28. The molecule has 1 aromatic rings. The molecule has 5 heteroatoms. The Hall–Kier alpha value is -1.46. The van der Waals surface area contributed by atoms with Crippen molar-refractivity contribution in [3.63, 3.8) is 0 Å². The minimum atomic E-state index is -1.11. The topological polar surface area (TPSA) is 73.9 Å². The second kappa shape index (κ2) is 4.86. The molecule has 15 heavy (non-hydrogen) atoms. The van der Waals surface area contributed by atoms with Gasteiger partial charge in [-0.05, 0) is 6.07 Å². The van der Waals surface area contributed by atoms with E-state index in [0.29, 0.717) is 22.8 Å². The minimum absolute atomic E-state index is 0.454. The average molecular weight is 213 g/mol. The fraction of sp³-hybridized carbons (Fsp3) is 0.400. The molecule has 0 aromatic heterocycles. The van der Waals surface area contributed by atoms with E-state index in [4.69, 9.17) is 19.9 Å². The molecule has 84 valence electrons. The number of hydrogen-bond acceptors (Lipinski definition) is 5. The van der Waals surface area contributed by atoms with E-state index in [1.54, 1.807) is 12.1 Å². The van der Waals surface area contributed by atoms with Crippen molar-refractivity contribution in [3.05, 3.63) is 17.7 Å². The van der Waals surface area contributed by atoms with Crippen LogP contribution in [0.5, 0.6) is 17.2 Å². The van der Waals surface area contributed by atoms with Crippen molar-refractivity contribution in [2.45, 2.75) is 6.23 Å². The van der Waals surface area contributed by atoms with Gasteiger partial charge < -0.3 is 25.1 Å². The van der Waals surface area contributed by atoms with Gasteiger partial charge in [0.15, 0.2) is 11.5 Å². The molecule has 0 bridgehead atoms. The van der Waals surface area contributed by atoms with Crippen LogP contribution < -0.4 is 19.9 Å². The summed E-state index contributed by atoms with van der Waals surface area (Å²) >= 11 is 0. The maximum atomic E-state index is 9.32. The molecular weight excluding hydrogens is 198 g/mol. The number of hydrogen-bond donors (Lipinski definition) is 2. The first-order chi connectivity index (χ1) is 7.13. The molecule has 0 aliphatic rings. The Morgan fingerprint density at radius 2 is 1.47 bits per heavy atom. The van der Waals surface area contributed by atoms with Crippen molar-refractivity contribution in [1.82, 2.24) is 0 Å². The first-order valence-corrected chi connectivity index (χ1v) is 4.37. The third-order valence-electron chi connectivity index (χ3n) is 2.05. The zero-order valence-corrected chi connectivity index (χ0v) is 8.98. The highest BCUT2D eigenvalue weighted by Crippen LogP contribution is 2.36. The molecule has 1 unspecified atom stereocenters. The third-order valence-corrected chi connectivity index (χ3v) is 2.05. The van der Waals surface area contributed by atoms with E-state index in [2.05, 4.69) is 0 Å². The summed E-state index contributed by atoms with van der Waals surface area (Å²) in [6.07, 6.45) is -1.11. The van der Waals surface area contributed by atoms with Gasteiger partial charge in [-0.3, -0.25) is 0 Å². The van der Waals surface area contributed by atoms with Crippen LogP contribution in [0.25, 0.3) is 0 Å². The van der Waals surface area contributed by atoms with E-state index >= 15 is 0 Å². The van der Waals surface area contributed by atoms with Gasteiger partial charge in [-0.25, -0.2) is 0 Å². The molecule has 1 rings (SSSR count). The van der Waals surface area contributed by atoms with Gasteiger partial charge in [0.25, 0.3) is 0 Å². The minimum Gasteiger partial charge on any atom is -0.496 e. The SMILES string of the molecule is COc1cc(OC)c(C(N)O)cc1OC. The van der Waals surface area contributed by atoms with Crippen LogP contribution in [-0.4, -0.2) is 26.4 Å². The van der Waals surface area contributed by atoms with Gasteiger partial charge in [0.1, 0.15) is 12.0 Å². The molecule has 0 amide bonds. The smallest absolute Gasteiger partial charge is 0.164 e. The maximum Gasteiger partial charge on any atom is 0.164 e. The predicted molar refractivity (Wildman–Crippen MR) is 55.2 cm³/mol. The summed E-state index contributed by atoms with van der Waals surface area (Å²) < 4.78 is 15.2. The normalized spacial score (nSPS) is 12.1. The number of methoxy groups -OCH3 is 3. The first-order valence-electron chi connectivity index (χ1n) is 4.37. The van der Waals surface area contributed by atoms with Gasteiger partial charge in [0.2, 0.25) is 0 Å². The second-order valence-corrected chi connectivity index (χ2v) is 2.89. The largest absolute Gasteiger partial charge is 0.496 e. The van der Waals surface area contributed by atoms with Crippen LogP contribution in [0.3, 0.4) is 0 Å². The quantitative estimate of drug-likeness (QED) is 0.719.